The van der Waals surface area contributed by atoms with Crippen molar-refractivity contribution in [2.24, 2.45) is 0 Å². The van der Waals surface area contributed by atoms with Crippen LogP contribution in [-0.2, 0) is 6.42 Å². The quantitative estimate of drug-likeness (QED) is 0.626. The summed E-state index contributed by atoms with van der Waals surface area (Å²) in [7, 11) is 0. The van der Waals surface area contributed by atoms with Crippen LogP contribution in [0.5, 0.6) is 5.75 Å². The van der Waals surface area contributed by atoms with Crippen molar-refractivity contribution in [3.8, 4) is 5.75 Å². The van der Waals surface area contributed by atoms with E-state index in [9.17, 15) is 9.90 Å². The van der Waals surface area contributed by atoms with E-state index < -0.39 is 0 Å². The second-order valence-corrected chi connectivity index (χ2v) is 6.89. The molecule has 0 amide bonds. The zero-order chi connectivity index (χ0) is 16.7. The lowest BCUT2D eigenvalue weighted by atomic mass is 10.1. The van der Waals surface area contributed by atoms with E-state index >= 15 is 0 Å². The number of benzene rings is 1. The Morgan fingerprint density at radius 3 is 2.57 bits per heavy atom. The van der Waals surface area contributed by atoms with E-state index in [0.29, 0.717) is 38.1 Å². The van der Waals surface area contributed by atoms with Crippen molar-refractivity contribution in [2.75, 3.05) is 0 Å². The van der Waals surface area contributed by atoms with E-state index in [-0.39, 0.29) is 11.5 Å². The molecule has 23 heavy (non-hydrogen) atoms. The van der Waals surface area contributed by atoms with Crippen molar-refractivity contribution in [3.63, 3.8) is 0 Å². The number of aromatic nitrogens is 3. The standard InChI is InChI=1S/C16H13Br2N3O2/c1-3-12-13(21-7-8(2)6-19-16(21)20-12)14(22)9-4-10(17)15(23)11(18)5-9/h4-7,23H,3H2,1-2H3. The number of phenols is 1. The van der Waals surface area contributed by atoms with E-state index in [1.54, 1.807) is 22.7 Å². The summed E-state index contributed by atoms with van der Waals surface area (Å²) in [5.41, 5.74) is 2.61. The molecule has 0 fully saturated rings. The van der Waals surface area contributed by atoms with Gasteiger partial charge in [0, 0.05) is 18.0 Å². The lowest BCUT2D eigenvalue weighted by Crippen LogP contribution is -2.09. The van der Waals surface area contributed by atoms with Gasteiger partial charge in [0.05, 0.1) is 14.6 Å². The third kappa shape index (κ3) is 2.79. The average Bonchev–Trinajstić information content (AvgIpc) is 2.89. The number of carbonyl (C=O) groups is 1. The molecule has 0 saturated heterocycles. The molecule has 0 radical (unpaired) electrons. The predicted molar refractivity (Wildman–Crippen MR) is 94.0 cm³/mol. The highest BCUT2D eigenvalue weighted by molar-refractivity contribution is 9.11. The molecular weight excluding hydrogens is 426 g/mol. The van der Waals surface area contributed by atoms with Crippen molar-refractivity contribution in [1.29, 1.82) is 0 Å². The first-order valence-electron chi connectivity index (χ1n) is 6.98. The van der Waals surface area contributed by atoms with Gasteiger partial charge in [-0.1, -0.05) is 6.92 Å². The molecule has 0 aliphatic carbocycles. The molecule has 0 spiro atoms. The molecule has 3 rings (SSSR count). The summed E-state index contributed by atoms with van der Waals surface area (Å²) in [4.78, 5) is 21.7. The van der Waals surface area contributed by atoms with Gasteiger partial charge in [-0.05, 0) is 62.9 Å². The third-order valence-electron chi connectivity index (χ3n) is 3.51. The molecule has 0 aliphatic heterocycles. The number of nitrogens with zero attached hydrogens (tertiary/aromatic N) is 3. The Labute approximate surface area is 149 Å². The highest BCUT2D eigenvalue weighted by atomic mass is 79.9. The number of hydrogen-bond donors (Lipinski definition) is 1. The van der Waals surface area contributed by atoms with Gasteiger partial charge in [0.2, 0.25) is 11.6 Å². The van der Waals surface area contributed by atoms with Crippen molar-refractivity contribution in [1.82, 2.24) is 14.4 Å². The minimum absolute atomic E-state index is 0.0629. The van der Waals surface area contributed by atoms with E-state index in [2.05, 4.69) is 41.8 Å². The number of hydrogen-bond acceptors (Lipinski definition) is 4. The van der Waals surface area contributed by atoms with Gasteiger partial charge >= 0.3 is 0 Å². The number of aromatic hydroxyl groups is 1. The Bertz CT molecular complexity index is 911. The van der Waals surface area contributed by atoms with Crippen LogP contribution >= 0.6 is 31.9 Å². The summed E-state index contributed by atoms with van der Waals surface area (Å²) in [6.07, 6.45) is 4.21. The van der Waals surface area contributed by atoms with Crippen LogP contribution in [0.4, 0.5) is 0 Å². The summed E-state index contributed by atoms with van der Waals surface area (Å²) >= 11 is 6.52. The highest BCUT2D eigenvalue weighted by Gasteiger charge is 2.22. The molecule has 2 aromatic heterocycles. The van der Waals surface area contributed by atoms with Crippen LogP contribution in [0.2, 0.25) is 0 Å². The number of carbonyl (C=O) groups excluding carboxylic acids is 1. The third-order valence-corrected chi connectivity index (χ3v) is 4.72. The lowest BCUT2D eigenvalue weighted by molar-refractivity contribution is 0.103. The van der Waals surface area contributed by atoms with E-state index in [4.69, 9.17) is 0 Å². The first-order chi connectivity index (χ1) is 10.9. The van der Waals surface area contributed by atoms with Gasteiger partial charge < -0.3 is 5.11 Å². The first-order valence-corrected chi connectivity index (χ1v) is 8.57. The first kappa shape index (κ1) is 16.1. The second kappa shape index (κ2) is 6.05. The maximum absolute atomic E-state index is 13.0. The second-order valence-electron chi connectivity index (χ2n) is 5.18. The number of ketones is 1. The predicted octanol–water partition coefficient (Wildman–Crippen LogP) is 4.06. The van der Waals surface area contributed by atoms with Crippen LogP contribution < -0.4 is 0 Å². The number of rotatable bonds is 3. The van der Waals surface area contributed by atoms with Crippen LogP contribution in [0.25, 0.3) is 5.78 Å². The monoisotopic (exact) mass is 437 g/mol. The zero-order valence-electron chi connectivity index (χ0n) is 12.5. The van der Waals surface area contributed by atoms with Gasteiger partial charge in [0.25, 0.3) is 0 Å². The van der Waals surface area contributed by atoms with Crippen molar-refractivity contribution in [3.05, 3.63) is 56.0 Å². The molecule has 0 atom stereocenters. The molecule has 2 heterocycles. The summed E-state index contributed by atoms with van der Waals surface area (Å²) in [6.45, 7) is 3.87. The largest absolute Gasteiger partial charge is 0.506 e. The Morgan fingerprint density at radius 1 is 1.30 bits per heavy atom. The van der Waals surface area contributed by atoms with Crippen LogP contribution in [0.1, 0.15) is 34.2 Å². The molecule has 0 unspecified atom stereocenters. The average molecular weight is 439 g/mol. The van der Waals surface area contributed by atoms with Gasteiger partial charge in [-0.2, -0.15) is 0 Å². The molecule has 7 heteroatoms. The normalized spacial score (nSPS) is 11.1. The number of imidazole rings is 1. The van der Waals surface area contributed by atoms with E-state index in [1.807, 2.05) is 20.0 Å². The van der Waals surface area contributed by atoms with Crippen molar-refractivity contribution >= 4 is 43.4 Å². The van der Waals surface area contributed by atoms with E-state index in [1.165, 1.54) is 0 Å². The lowest BCUT2D eigenvalue weighted by Gasteiger charge is -2.07. The molecule has 118 valence electrons. The fourth-order valence-corrected chi connectivity index (χ4v) is 3.58. The van der Waals surface area contributed by atoms with Gasteiger partial charge in [0.15, 0.2) is 0 Å². The maximum Gasteiger partial charge on any atom is 0.234 e. The van der Waals surface area contributed by atoms with Crippen LogP contribution in [0.3, 0.4) is 0 Å². The minimum Gasteiger partial charge on any atom is -0.506 e. The fourth-order valence-electron chi connectivity index (χ4n) is 2.40. The van der Waals surface area contributed by atoms with Crippen molar-refractivity contribution < 1.29 is 9.90 Å². The van der Waals surface area contributed by atoms with Gasteiger partial charge in [-0.3, -0.25) is 9.20 Å². The Balaban J connectivity index is 2.23. The zero-order valence-corrected chi connectivity index (χ0v) is 15.6. The van der Waals surface area contributed by atoms with E-state index in [0.717, 1.165) is 5.56 Å². The van der Waals surface area contributed by atoms with Gasteiger partial charge in [0.1, 0.15) is 11.4 Å². The molecular formula is C16H13Br2N3O2. The fraction of sp³-hybridized carbons (Fsp3) is 0.188. The molecule has 0 aliphatic rings. The number of phenolic OH excluding ortho intramolecular Hbond substituents is 1. The summed E-state index contributed by atoms with van der Waals surface area (Å²) < 4.78 is 2.64. The smallest absolute Gasteiger partial charge is 0.234 e. The topological polar surface area (TPSA) is 67.5 Å². The number of fused-ring (bicyclic) bond motifs is 1. The highest BCUT2D eigenvalue weighted by Crippen LogP contribution is 2.34. The summed E-state index contributed by atoms with van der Waals surface area (Å²) in [6, 6.07) is 3.20. The number of halogens is 2. The number of aryl methyl sites for hydroxylation is 2. The van der Waals surface area contributed by atoms with Crippen LogP contribution in [0.15, 0.2) is 33.5 Å². The van der Waals surface area contributed by atoms with Crippen LogP contribution in [-0.4, -0.2) is 25.3 Å². The maximum atomic E-state index is 13.0. The molecule has 0 saturated carbocycles. The molecule has 0 bridgehead atoms. The van der Waals surface area contributed by atoms with Crippen molar-refractivity contribution in [2.45, 2.75) is 20.3 Å². The Kier molecular flexibility index (Phi) is 4.25. The minimum atomic E-state index is -0.164. The SMILES string of the molecule is CCc1nc2ncc(C)cn2c1C(=O)c1cc(Br)c(O)c(Br)c1. The Hall–Kier alpha value is -1.73. The molecule has 1 N–H and O–H groups in total. The molecule has 3 aromatic rings. The van der Waals surface area contributed by atoms with Crippen LogP contribution in [0, 0.1) is 6.92 Å². The molecule has 1 aromatic carbocycles. The summed E-state index contributed by atoms with van der Waals surface area (Å²) in [5.74, 6) is 0.406. The van der Waals surface area contributed by atoms with Gasteiger partial charge in [-0.25, -0.2) is 9.97 Å². The van der Waals surface area contributed by atoms with Gasteiger partial charge in [-0.15, -0.1) is 0 Å². The summed E-state index contributed by atoms with van der Waals surface area (Å²) in [5, 5.41) is 9.82. The molecule has 5 nitrogen and oxygen atoms in total. The Morgan fingerprint density at radius 2 is 1.96 bits per heavy atom.